The maximum atomic E-state index is 12.6. The van der Waals surface area contributed by atoms with Gasteiger partial charge in [0.15, 0.2) is 0 Å². The number of halogens is 4. The third-order valence-electron chi connectivity index (χ3n) is 4.03. The molecule has 0 radical (unpaired) electrons. The van der Waals surface area contributed by atoms with Gasteiger partial charge in [0.25, 0.3) is 5.91 Å². The zero-order valence-electron chi connectivity index (χ0n) is 14.5. The van der Waals surface area contributed by atoms with Crippen LogP contribution in [0.2, 0.25) is 5.02 Å². The van der Waals surface area contributed by atoms with Gasteiger partial charge in [0.2, 0.25) is 0 Å². The van der Waals surface area contributed by atoms with Gasteiger partial charge in [0.1, 0.15) is 11.5 Å². The third kappa shape index (κ3) is 5.10. The van der Waals surface area contributed by atoms with Crippen LogP contribution in [-0.4, -0.2) is 22.8 Å². The van der Waals surface area contributed by atoms with Crippen molar-refractivity contribution in [3.05, 3.63) is 65.0 Å². The van der Waals surface area contributed by atoms with Crippen molar-refractivity contribution in [2.75, 3.05) is 10.6 Å². The first kappa shape index (κ1) is 19.9. The van der Waals surface area contributed by atoms with E-state index in [9.17, 15) is 18.0 Å². The lowest BCUT2D eigenvalue weighted by Gasteiger charge is -2.12. The summed E-state index contributed by atoms with van der Waals surface area (Å²) in [7, 11) is 0. The van der Waals surface area contributed by atoms with E-state index < -0.39 is 17.8 Å². The number of hydrogen-bond acceptors (Lipinski definition) is 4. The highest BCUT2D eigenvalue weighted by molar-refractivity contribution is 6.34. The second kappa shape index (κ2) is 8.02. The van der Waals surface area contributed by atoms with Crippen LogP contribution in [0.5, 0.6) is 0 Å². The fourth-order valence-electron chi connectivity index (χ4n) is 2.42. The molecule has 0 unspecified atom stereocenters. The van der Waals surface area contributed by atoms with Crippen molar-refractivity contribution >= 4 is 34.7 Å². The molecule has 0 saturated heterocycles. The lowest BCUT2D eigenvalue weighted by Crippen LogP contribution is -2.21. The first-order chi connectivity index (χ1) is 13.2. The van der Waals surface area contributed by atoms with Crippen LogP contribution in [0.3, 0.4) is 0 Å². The Morgan fingerprint density at radius 1 is 1.18 bits per heavy atom. The number of nitrogens with one attached hydrogen (secondary N) is 3. The van der Waals surface area contributed by atoms with Crippen LogP contribution >= 0.6 is 11.6 Å². The minimum Gasteiger partial charge on any atom is -0.343 e. The minimum atomic E-state index is -4.69. The van der Waals surface area contributed by atoms with E-state index in [0.29, 0.717) is 27.8 Å². The zero-order chi connectivity index (χ0) is 20.3. The molecule has 2 aromatic rings. The number of anilines is 2. The lowest BCUT2D eigenvalue weighted by atomic mass is 10.2. The number of pyridine rings is 1. The number of allylic oxidation sites excluding steroid dienone is 2. The minimum absolute atomic E-state index is 0.0379. The fraction of sp³-hybridized carbons (Fsp3) is 0.211. The van der Waals surface area contributed by atoms with Crippen molar-refractivity contribution in [2.24, 2.45) is 5.92 Å². The van der Waals surface area contributed by atoms with E-state index in [1.807, 2.05) is 0 Å². The van der Waals surface area contributed by atoms with E-state index in [1.165, 1.54) is 12.3 Å². The highest BCUT2D eigenvalue weighted by atomic mass is 35.5. The van der Waals surface area contributed by atoms with Crippen LogP contribution in [0.25, 0.3) is 0 Å². The first-order valence-corrected chi connectivity index (χ1v) is 8.78. The Labute approximate surface area is 164 Å². The van der Waals surface area contributed by atoms with Gasteiger partial charge in [0.05, 0.1) is 22.5 Å². The number of hydrogen-bond donors (Lipinski definition) is 3. The van der Waals surface area contributed by atoms with E-state index in [1.54, 1.807) is 30.3 Å². The molecule has 9 heteroatoms. The summed E-state index contributed by atoms with van der Waals surface area (Å²) >= 11 is 5.99. The van der Waals surface area contributed by atoms with Crippen LogP contribution in [-0.2, 0) is 0 Å². The molecule has 0 aliphatic heterocycles. The Balaban J connectivity index is 1.68. The summed E-state index contributed by atoms with van der Waals surface area (Å²) in [6.07, 6.45) is -0.989. The second-order valence-electron chi connectivity index (χ2n) is 6.28. The summed E-state index contributed by atoms with van der Waals surface area (Å²) in [5.41, 5.74) is -0.375. The summed E-state index contributed by atoms with van der Waals surface area (Å²) < 4.78 is 37.8. The number of amides is 1. The Hall–Kier alpha value is -2.87. The number of benzene rings is 1. The molecule has 28 heavy (non-hydrogen) atoms. The molecule has 1 fully saturated rings. The van der Waals surface area contributed by atoms with Crippen LogP contribution < -0.4 is 10.6 Å². The molecule has 1 aromatic carbocycles. The van der Waals surface area contributed by atoms with E-state index in [-0.39, 0.29) is 5.92 Å². The lowest BCUT2D eigenvalue weighted by molar-refractivity contribution is -0.0584. The molecule has 0 bridgehead atoms. The molecule has 1 saturated carbocycles. The number of aromatic nitrogens is 1. The predicted octanol–water partition coefficient (Wildman–Crippen LogP) is 5.28. The number of nitrogens with zero attached hydrogens (tertiary/aromatic N) is 1. The first-order valence-electron chi connectivity index (χ1n) is 8.40. The molecule has 0 atom stereocenters. The fourth-order valence-corrected chi connectivity index (χ4v) is 2.64. The van der Waals surface area contributed by atoms with Crippen LogP contribution in [0.1, 0.15) is 23.2 Å². The van der Waals surface area contributed by atoms with Crippen molar-refractivity contribution in [3.63, 3.8) is 0 Å². The Kier molecular flexibility index (Phi) is 5.69. The second-order valence-corrected chi connectivity index (χ2v) is 6.68. The highest BCUT2D eigenvalue weighted by Gasteiger charge is 2.35. The van der Waals surface area contributed by atoms with Gasteiger partial charge >= 0.3 is 6.18 Å². The summed E-state index contributed by atoms with van der Waals surface area (Å²) in [6, 6.07) is 9.70. The maximum absolute atomic E-state index is 12.6. The quantitative estimate of drug-likeness (QED) is 0.569. The molecular formula is C19H16ClF3N4O. The van der Waals surface area contributed by atoms with Crippen molar-refractivity contribution in [2.45, 2.75) is 19.0 Å². The highest BCUT2D eigenvalue weighted by Crippen LogP contribution is 2.37. The smallest absolute Gasteiger partial charge is 0.343 e. The third-order valence-corrected chi connectivity index (χ3v) is 4.36. The number of rotatable bonds is 6. The van der Waals surface area contributed by atoms with E-state index in [4.69, 9.17) is 17.0 Å². The summed E-state index contributed by atoms with van der Waals surface area (Å²) in [4.78, 5) is 16.3. The van der Waals surface area contributed by atoms with Crippen molar-refractivity contribution < 1.29 is 18.0 Å². The van der Waals surface area contributed by atoms with Gasteiger partial charge in [0, 0.05) is 5.70 Å². The average Bonchev–Trinajstić information content (AvgIpc) is 3.47. The average molecular weight is 409 g/mol. The van der Waals surface area contributed by atoms with E-state index in [0.717, 1.165) is 18.9 Å². The molecule has 3 N–H and O–H groups in total. The molecule has 1 aliphatic carbocycles. The largest absolute Gasteiger partial charge is 0.432 e. The van der Waals surface area contributed by atoms with Crippen molar-refractivity contribution in [3.8, 4) is 0 Å². The zero-order valence-corrected chi connectivity index (χ0v) is 15.2. The molecule has 5 nitrogen and oxygen atoms in total. The van der Waals surface area contributed by atoms with Gasteiger partial charge in [-0.15, -0.1) is 0 Å². The van der Waals surface area contributed by atoms with Gasteiger partial charge in [-0.25, -0.2) is 4.98 Å². The predicted molar refractivity (Wildman–Crippen MR) is 102 cm³/mol. The molecule has 3 rings (SSSR count). The van der Waals surface area contributed by atoms with E-state index >= 15 is 0 Å². The van der Waals surface area contributed by atoms with Gasteiger partial charge in [-0.1, -0.05) is 23.7 Å². The molecule has 1 amide bonds. The SMILES string of the molecule is N=C(/C=C(\Nc1ccc(NC(=O)c2ccccc2Cl)cn1)C1CC1)C(F)(F)F. The molecule has 146 valence electrons. The number of carbonyl (C=O) groups is 1. The normalized spacial score (nSPS) is 14.5. The van der Waals surface area contributed by atoms with Crippen molar-refractivity contribution in [1.29, 1.82) is 5.41 Å². The summed E-state index contributed by atoms with van der Waals surface area (Å²) in [5.74, 6) is -0.113. The van der Waals surface area contributed by atoms with Crippen LogP contribution in [0, 0.1) is 11.3 Å². The van der Waals surface area contributed by atoms with Crippen LogP contribution in [0.4, 0.5) is 24.7 Å². The summed E-state index contributed by atoms with van der Waals surface area (Å²) in [5, 5.41) is 13.0. The van der Waals surface area contributed by atoms with Crippen LogP contribution in [0.15, 0.2) is 54.4 Å². The monoisotopic (exact) mass is 408 g/mol. The molecular weight excluding hydrogens is 393 g/mol. The Morgan fingerprint density at radius 2 is 1.89 bits per heavy atom. The molecule has 1 heterocycles. The van der Waals surface area contributed by atoms with Gasteiger partial charge in [-0.3, -0.25) is 10.2 Å². The Bertz CT molecular complexity index is 922. The maximum Gasteiger partial charge on any atom is 0.432 e. The molecule has 0 spiro atoms. The molecule has 1 aromatic heterocycles. The van der Waals surface area contributed by atoms with E-state index in [2.05, 4.69) is 15.6 Å². The van der Waals surface area contributed by atoms with Gasteiger partial charge < -0.3 is 10.6 Å². The number of alkyl halides is 3. The Morgan fingerprint density at radius 3 is 2.46 bits per heavy atom. The topological polar surface area (TPSA) is 77.9 Å². The van der Waals surface area contributed by atoms with Gasteiger partial charge in [-0.05, 0) is 49.1 Å². The summed E-state index contributed by atoms with van der Waals surface area (Å²) in [6.45, 7) is 0. The van der Waals surface area contributed by atoms with Crippen molar-refractivity contribution in [1.82, 2.24) is 4.98 Å². The standard InChI is InChI=1S/C19H16ClF3N4O/c20-14-4-2-1-3-13(14)18(28)26-12-7-8-17(25-10-12)27-15(11-5-6-11)9-16(24)19(21,22)23/h1-4,7-11,24H,5-6H2,(H,25,27)(H,26,28)/b15-9-,24-16?. The molecule has 1 aliphatic rings. The number of carbonyl (C=O) groups excluding carboxylic acids is 1. The van der Waals surface area contributed by atoms with Gasteiger partial charge in [-0.2, -0.15) is 13.2 Å².